The topological polar surface area (TPSA) is 79.3 Å². The van der Waals surface area contributed by atoms with E-state index in [1.54, 1.807) is 5.38 Å². The number of aromatic nitrogens is 1. The van der Waals surface area contributed by atoms with Crippen LogP contribution in [0.15, 0.2) is 5.38 Å². The van der Waals surface area contributed by atoms with Gasteiger partial charge in [0.05, 0.1) is 5.01 Å². The number of hydrogen-bond acceptors (Lipinski definition) is 4. The van der Waals surface area contributed by atoms with Crippen LogP contribution in [-0.4, -0.2) is 28.5 Å². The fourth-order valence-corrected chi connectivity index (χ4v) is 2.09. The first kappa shape index (κ1) is 12.6. The van der Waals surface area contributed by atoms with E-state index in [2.05, 4.69) is 24.1 Å². The Morgan fingerprint density at radius 3 is 2.81 bits per heavy atom. The first-order chi connectivity index (χ1) is 7.49. The number of carboxylic acids is 1. The van der Waals surface area contributed by atoms with Gasteiger partial charge in [0, 0.05) is 11.8 Å². The summed E-state index contributed by atoms with van der Waals surface area (Å²) in [4.78, 5) is 25.8. The van der Waals surface area contributed by atoms with Crippen LogP contribution < -0.4 is 5.32 Å². The molecule has 0 spiro atoms. The average molecular weight is 242 g/mol. The lowest BCUT2D eigenvalue weighted by Gasteiger charge is -1.99. The maximum Gasteiger partial charge on any atom is 0.322 e. The summed E-state index contributed by atoms with van der Waals surface area (Å²) in [5.41, 5.74) is 0.293. The lowest BCUT2D eigenvalue weighted by molar-refractivity contribution is -0.135. The summed E-state index contributed by atoms with van der Waals surface area (Å²) >= 11 is 1.42. The minimum atomic E-state index is -1.06. The molecule has 1 rings (SSSR count). The third kappa shape index (κ3) is 3.98. The minimum Gasteiger partial charge on any atom is -0.480 e. The van der Waals surface area contributed by atoms with Gasteiger partial charge in [-0.15, -0.1) is 11.3 Å². The Morgan fingerprint density at radius 1 is 1.56 bits per heavy atom. The Kier molecular flexibility index (Phi) is 4.42. The quantitative estimate of drug-likeness (QED) is 0.812. The molecule has 0 saturated heterocycles. The van der Waals surface area contributed by atoms with Crippen molar-refractivity contribution < 1.29 is 14.7 Å². The minimum absolute atomic E-state index is 0.293. The van der Waals surface area contributed by atoms with Crippen LogP contribution in [0, 0.1) is 5.92 Å². The number of carbonyl (C=O) groups is 2. The second kappa shape index (κ2) is 5.60. The van der Waals surface area contributed by atoms with Gasteiger partial charge in [0.2, 0.25) is 0 Å². The normalized spacial score (nSPS) is 10.4. The molecule has 0 aliphatic heterocycles. The smallest absolute Gasteiger partial charge is 0.322 e. The van der Waals surface area contributed by atoms with E-state index in [1.165, 1.54) is 11.3 Å². The van der Waals surface area contributed by atoms with Crippen molar-refractivity contribution in [2.75, 3.05) is 6.54 Å². The monoisotopic (exact) mass is 242 g/mol. The highest BCUT2D eigenvalue weighted by atomic mass is 32.1. The highest BCUT2D eigenvalue weighted by molar-refractivity contribution is 7.09. The molecule has 0 aliphatic rings. The molecule has 0 saturated carbocycles. The zero-order chi connectivity index (χ0) is 12.1. The highest BCUT2D eigenvalue weighted by Crippen LogP contribution is 2.13. The van der Waals surface area contributed by atoms with Crippen LogP contribution in [0.2, 0.25) is 0 Å². The first-order valence-electron chi connectivity index (χ1n) is 4.93. The molecule has 88 valence electrons. The molecule has 0 radical (unpaired) electrons. The number of nitrogens with zero attached hydrogens (tertiary/aromatic N) is 1. The number of amides is 1. The summed E-state index contributed by atoms with van der Waals surface area (Å²) in [6.07, 6.45) is 0.830. The molecule has 1 aromatic heterocycles. The van der Waals surface area contributed by atoms with E-state index >= 15 is 0 Å². The van der Waals surface area contributed by atoms with Gasteiger partial charge in [-0.1, -0.05) is 13.8 Å². The number of rotatable bonds is 5. The second-order valence-electron chi connectivity index (χ2n) is 3.80. The maximum absolute atomic E-state index is 11.4. The molecule has 0 aliphatic carbocycles. The van der Waals surface area contributed by atoms with E-state index in [9.17, 15) is 9.59 Å². The van der Waals surface area contributed by atoms with Gasteiger partial charge in [-0.3, -0.25) is 9.59 Å². The molecule has 16 heavy (non-hydrogen) atoms. The van der Waals surface area contributed by atoms with E-state index < -0.39 is 11.9 Å². The molecule has 0 bridgehead atoms. The second-order valence-corrected chi connectivity index (χ2v) is 4.74. The van der Waals surface area contributed by atoms with Crippen LogP contribution >= 0.6 is 11.3 Å². The summed E-state index contributed by atoms with van der Waals surface area (Å²) in [6.45, 7) is 3.77. The van der Waals surface area contributed by atoms with Crippen molar-refractivity contribution in [2.45, 2.75) is 20.3 Å². The Hall–Kier alpha value is -1.43. The van der Waals surface area contributed by atoms with Crippen LogP contribution in [0.1, 0.15) is 29.3 Å². The Balaban J connectivity index is 2.56. The highest BCUT2D eigenvalue weighted by Gasteiger charge is 2.11. The molecular formula is C10H14N2O3S. The molecule has 0 unspecified atom stereocenters. The summed E-state index contributed by atoms with van der Waals surface area (Å²) < 4.78 is 0. The van der Waals surface area contributed by atoms with Crippen molar-refractivity contribution in [2.24, 2.45) is 5.92 Å². The Labute approximate surface area is 97.5 Å². The van der Waals surface area contributed by atoms with Crippen molar-refractivity contribution in [3.05, 3.63) is 16.1 Å². The third-order valence-corrected chi connectivity index (χ3v) is 2.64. The van der Waals surface area contributed by atoms with Gasteiger partial charge < -0.3 is 10.4 Å². The standard InChI is InChI=1S/C10H14N2O3S/c1-6(2)3-8-12-7(5-16-8)10(15)11-4-9(13)14/h5-6H,3-4H2,1-2H3,(H,11,15)(H,13,14). The molecule has 1 amide bonds. The molecular weight excluding hydrogens is 228 g/mol. The molecule has 0 aromatic carbocycles. The third-order valence-electron chi connectivity index (χ3n) is 1.77. The summed E-state index contributed by atoms with van der Waals surface area (Å²) in [7, 11) is 0. The SMILES string of the molecule is CC(C)Cc1nc(C(=O)NCC(=O)O)cs1. The van der Waals surface area contributed by atoms with Crippen LogP contribution in [0.3, 0.4) is 0 Å². The first-order valence-corrected chi connectivity index (χ1v) is 5.81. The number of carboxylic acid groups (broad SMARTS) is 1. The predicted octanol–water partition coefficient (Wildman–Crippen LogP) is 1.16. The fourth-order valence-electron chi connectivity index (χ4n) is 1.10. The van der Waals surface area contributed by atoms with Gasteiger partial charge in [0.1, 0.15) is 12.2 Å². The summed E-state index contributed by atoms with van der Waals surface area (Å²) in [6, 6.07) is 0. The van der Waals surface area contributed by atoms with Gasteiger partial charge in [0.25, 0.3) is 5.91 Å². The number of thiazole rings is 1. The summed E-state index contributed by atoms with van der Waals surface area (Å²) in [5, 5.41) is 13.2. The van der Waals surface area contributed by atoms with Gasteiger partial charge in [-0.05, 0) is 5.92 Å². The van der Waals surface area contributed by atoms with Gasteiger partial charge in [-0.2, -0.15) is 0 Å². The van der Waals surface area contributed by atoms with Crippen molar-refractivity contribution in [1.29, 1.82) is 0 Å². The molecule has 2 N–H and O–H groups in total. The van der Waals surface area contributed by atoms with E-state index in [0.717, 1.165) is 11.4 Å². The van der Waals surface area contributed by atoms with Crippen LogP contribution in [0.4, 0.5) is 0 Å². The zero-order valence-corrected chi connectivity index (χ0v) is 10.0. The summed E-state index contributed by atoms with van der Waals surface area (Å²) in [5.74, 6) is -1.01. The fraction of sp³-hybridized carbons (Fsp3) is 0.500. The zero-order valence-electron chi connectivity index (χ0n) is 9.19. The van der Waals surface area contributed by atoms with Crippen molar-refractivity contribution in [3.8, 4) is 0 Å². The van der Waals surface area contributed by atoms with E-state index in [1.807, 2.05) is 0 Å². The van der Waals surface area contributed by atoms with E-state index in [-0.39, 0.29) is 6.54 Å². The largest absolute Gasteiger partial charge is 0.480 e. The van der Waals surface area contributed by atoms with Crippen molar-refractivity contribution >= 4 is 23.2 Å². The predicted molar refractivity (Wildman–Crippen MR) is 60.6 cm³/mol. The maximum atomic E-state index is 11.4. The number of nitrogens with one attached hydrogen (secondary N) is 1. The van der Waals surface area contributed by atoms with Crippen molar-refractivity contribution in [3.63, 3.8) is 0 Å². The molecule has 6 heteroatoms. The van der Waals surface area contributed by atoms with Gasteiger partial charge >= 0.3 is 5.97 Å². The molecule has 5 nitrogen and oxygen atoms in total. The van der Waals surface area contributed by atoms with Crippen LogP contribution in [-0.2, 0) is 11.2 Å². The Bertz CT molecular complexity index is 387. The lowest BCUT2D eigenvalue weighted by Crippen LogP contribution is -2.29. The molecule has 1 aromatic rings. The van der Waals surface area contributed by atoms with Crippen molar-refractivity contribution in [1.82, 2.24) is 10.3 Å². The Morgan fingerprint density at radius 2 is 2.25 bits per heavy atom. The number of aliphatic carboxylic acids is 1. The lowest BCUT2D eigenvalue weighted by atomic mass is 10.1. The van der Waals surface area contributed by atoms with Crippen LogP contribution in [0.25, 0.3) is 0 Å². The average Bonchev–Trinajstić information content (AvgIpc) is 2.61. The van der Waals surface area contributed by atoms with Gasteiger partial charge in [0.15, 0.2) is 0 Å². The van der Waals surface area contributed by atoms with Gasteiger partial charge in [-0.25, -0.2) is 4.98 Å². The number of carbonyl (C=O) groups excluding carboxylic acids is 1. The van der Waals surface area contributed by atoms with Crippen LogP contribution in [0.5, 0.6) is 0 Å². The van der Waals surface area contributed by atoms with E-state index in [0.29, 0.717) is 11.6 Å². The number of hydrogen-bond donors (Lipinski definition) is 2. The molecule has 0 atom stereocenters. The van der Waals surface area contributed by atoms with E-state index in [4.69, 9.17) is 5.11 Å². The molecule has 0 fully saturated rings. The molecule has 1 heterocycles.